The van der Waals surface area contributed by atoms with Crippen molar-refractivity contribution in [2.45, 2.75) is 12.4 Å². The Morgan fingerprint density at radius 3 is 1.50 bits per heavy atom. The van der Waals surface area contributed by atoms with E-state index in [0.29, 0.717) is 0 Å². The number of hydrogen-bond donors (Lipinski definition) is 1. The van der Waals surface area contributed by atoms with Crippen molar-refractivity contribution in [2.75, 3.05) is 6.61 Å². The molecule has 0 radical (unpaired) electrons. The third-order valence-electron chi connectivity index (χ3n) is 0.283. The molecular weight excluding hydrogens is 196 g/mol. The Labute approximate surface area is 79.7 Å². The average molecular weight is 202 g/mol. The summed E-state index contributed by atoms with van der Waals surface area (Å²) in [6.07, 6.45) is 0. The van der Waals surface area contributed by atoms with Crippen LogP contribution >= 0.6 is 0 Å². The van der Waals surface area contributed by atoms with Gasteiger partial charge in [-0.1, -0.05) is 0 Å². The van der Waals surface area contributed by atoms with Gasteiger partial charge in [0, 0.05) is 6.61 Å². The minimum absolute atomic E-state index is 0. The summed E-state index contributed by atoms with van der Waals surface area (Å²) in [6, 6.07) is 0. The number of aliphatic hydroxyl groups excluding tert-OH is 1. The van der Waals surface area contributed by atoms with Crippen molar-refractivity contribution in [2.24, 2.45) is 0 Å². The fourth-order valence-corrected chi connectivity index (χ4v) is 0. The van der Waals surface area contributed by atoms with Gasteiger partial charge < -0.3 is 9.66 Å². The van der Waals surface area contributed by atoms with Crippen LogP contribution < -0.4 is 18.9 Å². The van der Waals surface area contributed by atoms with Crippen LogP contribution in [0.3, 0.4) is 0 Å². The molecule has 0 rings (SSSR count). The van der Waals surface area contributed by atoms with Crippen molar-refractivity contribution in [1.29, 1.82) is 0 Å². The van der Waals surface area contributed by atoms with E-state index in [4.69, 9.17) is 18.1 Å². The molecule has 0 amide bonds. The molecule has 0 bridgehead atoms. The van der Waals surface area contributed by atoms with Crippen molar-refractivity contribution >= 4 is 10.1 Å². The Hall–Kier alpha value is 0.257. The first-order chi connectivity index (χ1) is 4.66. The number of aliphatic hydroxyl groups is 1. The molecule has 0 unspecified atom stereocenters. The van der Waals surface area contributed by atoms with Gasteiger partial charge in [-0.25, -0.2) is 8.42 Å². The van der Waals surface area contributed by atoms with Gasteiger partial charge in [0.1, 0.15) is 0 Å². The maximum absolute atomic E-state index is 10.7. The van der Waals surface area contributed by atoms with Crippen molar-refractivity contribution in [3.8, 4) is 0 Å². The summed E-state index contributed by atoms with van der Waals surface area (Å²) >= 11 is 0. The summed E-state index contributed by atoms with van der Waals surface area (Å²) < 4.78 is 58.9. The van der Waals surface area contributed by atoms with Crippen LogP contribution in [0.25, 0.3) is 0 Å². The largest absolute Gasteiger partial charge is 1.00 e. The Kier molecular flexibility index (Phi) is 10.2. The van der Waals surface area contributed by atoms with Crippen LogP contribution in [-0.2, 0) is 10.1 Å². The Morgan fingerprint density at radius 1 is 1.42 bits per heavy atom. The van der Waals surface area contributed by atoms with Gasteiger partial charge in [0.15, 0.2) is 10.1 Å². The molecule has 0 saturated carbocycles. The summed E-state index contributed by atoms with van der Waals surface area (Å²) in [6.45, 7) is 1.93. The molecule has 0 heterocycles. The molecule has 0 aromatic heterocycles. The van der Waals surface area contributed by atoms with Gasteiger partial charge in [-0.05, 0) is 6.92 Å². The topological polar surface area (TPSA) is 77.4 Å². The normalized spacial score (nSPS) is 10.8. The van der Waals surface area contributed by atoms with E-state index in [1.165, 1.54) is 0 Å². The van der Waals surface area contributed by atoms with E-state index in [9.17, 15) is 13.2 Å². The second-order valence-electron chi connectivity index (χ2n) is 1.22. The van der Waals surface area contributed by atoms with Gasteiger partial charge in [-0.2, -0.15) is 13.2 Å². The molecule has 0 aromatic rings. The molecule has 4 nitrogen and oxygen atoms in total. The third kappa shape index (κ3) is 10.3. The Bertz CT molecular complexity index is 186. The molecule has 0 spiro atoms. The molecule has 0 aliphatic rings. The molecule has 9 heteroatoms. The number of hydrogen-bond acceptors (Lipinski definition) is 4. The first-order valence-corrected chi connectivity index (χ1v) is 3.70. The molecule has 0 fully saturated rings. The second kappa shape index (κ2) is 6.74. The van der Waals surface area contributed by atoms with Crippen molar-refractivity contribution in [1.82, 2.24) is 0 Å². The second-order valence-corrected chi connectivity index (χ2v) is 2.59. The van der Waals surface area contributed by atoms with Crippen LogP contribution in [0.2, 0.25) is 0 Å². The number of alkyl halides is 3. The van der Waals surface area contributed by atoms with Crippen LogP contribution in [0.5, 0.6) is 0 Å². The third-order valence-corrected chi connectivity index (χ3v) is 0.850. The first-order valence-electron chi connectivity index (χ1n) is 2.29. The summed E-state index contributed by atoms with van der Waals surface area (Å²) in [5.41, 5.74) is -5.65. The number of halogens is 3. The maximum Gasteiger partial charge on any atom is 1.00 e. The van der Waals surface area contributed by atoms with E-state index in [1.54, 1.807) is 6.92 Å². The molecule has 12 heavy (non-hydrogen) atoms. The smallest absolute Gasteiger partial charge is 0.741 e. The summed E-state index contributed by atoms with van der Waals surface area (Å²) in [5.74, 6) is 0. The van der Waals surface area contributed by atoms with E-state index in [-0.39, 0.29) is 25.5 Å². The van der Waals surface area contributed by atoms with Crippen LogP contribution in [0.4, 0.5) is 13.2 Å². The summed E-state index contributed by atoms with van der Waals surface area (Å²) in [5, 5.41) is 7.57. The van der Waals surface area contributed by atoms with Crippen LogP contribution in [0, 0.1) is 0 Å². The minimum atomic E-state index is -6.09. The standard InChI is InChI=1S/C2H6O.CHF3O3S.Li/c1-2-3;2-1(3,4)8(5,6)7;/h3H,2H2,1H3;(H,5,6,7);/q;;+1/p-1. The predicted octanol–water partition coefficient (Wildman–Crippen LogP) is -2.95. The molecule has 0 saturated heterocycles. The minimum Gasteiger partial charge on any atom is -0.741 e. The quantitative estimate of drug-likeness (QED) is 0.259. The van der Waals surface area contributed by atoms with Crippen molar-refractivity contribution in [3.05, 3.63) is 0 Å². The summed E-state index contributed by atoms with van der Waals surface area (Å²) in [7, 11) is -6.09. The average Bonchev–Trinajstić information content (AvgIpc) is 1.60. The van der Waals surface area contributed by atoms with Gasteiger partial charge in [-0.15, -0.1) is 0 Å². The van der Waals surface area contributed by atoms with Crippen LogP contribution in [-0.4, -0.2) is 30.2 Å². The van der Waals surface area contributed by atoms with Gasteiger partial charge in [0.25, 0.3) is 0 Å². The zero-order chi connectivity index (χ0) is 9.71. The van der Waals surface area contributed by atoms with E-state index < -0.39 is 15.6 Å². The maximum atomic E-state index is 10.7. The molecule has 0 atom stereocenters. The van der Waals surface area contributed by atoms with Crippen LogP contribution in [0.15, 0.2) is 0 Å². The van der Waals surface area contributed by atoms with Crippen molar-refractivity contribution < 1.29 is 50.1 Å². The monoisotopic (exact) mass is 202 g/mol. The molecular formula is C3H6F3LiO4S. The van der Waals surface area contributed by atoms with Crippen LogP contribution in [0.1, 0.15) is 6.92 Å². The van der Waals surface area contributed by atoms with Gasteiger partial charge >= 0.3 is 24.4 Å². The first kappa shape index (κ1) is 18.1. The zero-order valence-electron chi connectivity index (χ0n) is 6.42. The van der Waals surface area contributed by atoms with Gasteiger partial charge in [-0.3, -0.25) is 0 Å². The predicted molar refractivity (Wildman–Crippen MR) is 28.5 cm³/mol. The SMILES string of the molecule is CCO.O=S(=O)([O-])C(F)(F)F.[Li+]. The van der Waals surface area contributed by atoms with E-state index in [1.807, 2.05) is 0 Å². The van der Waals surface area contributed by atoms with E-state index in [0.717, 1.165) is 0 Å². The van der Waals surface area contributed by atoms with E-state index in [2.05, 4.69) is 0 Å². The molecule has 0 aliphatic carbocycles. The van der Waals surface area contributed by atoms with Gasteiger partial charge in [0.2, 0.25) is 0 Å². The fraction of sp³-hybridized carbons (Fsp3) is 1.00. The van der Waals surface area contributed by atoms with Gasteiger partial charge in [0.05, 0.1) is 0 Å². The van der Waals surface area contributed by atoms with Crippen molar-refractivity contribution in [3.63, 3.8) is 0 Å². The Morgan fingerprint density at radius 2 is 1.50 bits per heavy atom. The van der Waals surface area contributed by atoms with E-state index >= 15 is 0 Å². The molecule has 70 valence electrons. The number of rotatable bonds is 0. The molecule has 0 aliphatic heterocycles. The summed E-state index contributed by atoms with van der Waals surface area (Å²) in [4.78, 5) is 0. The molecule has 1 N–H and O–H groups in total. The molecule has 0 aromatic carbocycles. The zero-order valence-corrected chi connectivity index (χ0v) is 7.24. The Balaban J connectivity index is -0.000000177. The fourth-order valence-electron chi connectivity index (χ4n) is 0.